The molecule has 0 radical (unpaired) electrons. The van der Waals surface area contributed by atoms with E-state index in [1.54, 1.807) is 43.4 Å². The minimum absolute atomic E-state index is 0.140. The maximum atomic E-state index is 12.4. The van der Waals surface area contributed by atoms with E-state index in [0.29, 0.717) is 54.5 Å². The molecule has 2 aromatic heterocycles. The summed E-state index contributed by atoms with van der Waals surface area (Å²) in [5.74, 6) is 2.04. The van der Waals surface area contributed by atoms with E-state index >= 15 is 0 Å². The zero-order chi connectivity index (χ0) is 25.0. The fourth-order valence-electron chi connectivity index (χ4n) is 3.28. The van der Waals surface area contributed by atoms with Crippen LogP contribution in [0.5, 0.6) is 5.75 Å². The number of aryl methyl sites for hydroxylation is 1. The highest BCUT2D eigenvalue weighted by Crippen LogP contribution is 2.20. The van der Waals surface area contributed by atoms with Crippen LogP contribution in [-0.2, 0) is 16.0 Å². The first kappa shape index (κ1) is 26.4. The smallest absolute Gasteiger partial charge is 0.338 e. The van der Waals surface area contributed by atoms with Gasteiger partial charge in [0.2, 0.25) is 0 Å². The number of nitrogens with two attached hydrogens (primary N) is 1. The van der Waals surface area contributed by atoms with Crippen LogP contribution in [0.4, 0.5) is 5.82 Å². The number of ether oxygens (including phenoxy) is 3. The lowest BCUT2D eigenvalue weighted by Gasteiger charge is -2.11. The molecule has 0 aliphatic rings. The van der Waals surface area contributed by atoms with Gasteiger partial charge in [0.15, 0.2) is 17.2 Å². The molecule has 0 fully saturated rings. The van der Waals surface area contributed by atoms with E-state index in [2.05, 4.69) is 15.0 Å². The second kappa shape index (κ2) is 13.6. The Balaban J connectivity index is 1.42. The number of Topliss-reactive ketones (excluding diaryl/α,β-unsaturated/α-hetero) is 1. The zero-order valence-corrected chi connectivity index (χ0v) is 20.9. The van der Waals surface area contributed by atoms with Crippen molar-refractivity contribution in [2.45, 2.75) is 32.7 Å². The SMILES string of the molecule is COCCCCOC(=O)c1cc(OCCCSCCn2cnc3c(N)ncnc32)cc(C(C)=O)c1. The molecule has 10 nitrogen and oxygen atoms in total. The standard InChI is InChI=1S/C24H31N5O5S/c1-17(30)18-12-19(24(31)34-8-4-3-7-32-2)14-20(13-18)33-9-5-10-35-11-6-29-16-28-21-22(25)26-15-27-23(21)29/h12-16H,3-11H2,1-2H3,(H2,25,26,27). The Kier molecular flexibility index (Phi) is 10.3. The lowest BCUT2D eigenvalue weighted by atomic mass is 10.1. The van der Waals surface area contributed by atoms with Crippen molar-refractivity contribution >= 4 is 40.5 Å². The highest BCUT2D eigenvalue weighted by atomic mass is 32.2. The van der Waals surface area contributed by atoms with Gasteiger partial charge in [-0.2, -0.15) is 11.8 Å². The van der Waals surface area contributed by atoms with Crippen LogP contribution in [0, 0.1) is 0 Å². The Morgan fingerprint density at radius 1 is 1.00 bits per heavy atom. The second-order valence-electron chi connectivity index (χ2n) is 7.82. The summed E-state index contributed by atoms with van der Waals surface area (Å²) in [4.78, 5) is 36.8. The third kappa shape index (κ3) is 7.93. The molecule has 0 saturated heterocycles. The minimum Gasteiger partial charge on any atom is -0.494 e. The van der Waals surface area contributed by atoms with Gasteiger partial charge in [0.1, 0.15) is 17.6 Å². The Bertz CT molecular complexity index is 1140. The van der Waals surface area contributed by atoms with Crippen LogP contribution in [0.1, 0.15) is 46.9 Å². The number of carbonyl (C=O) groups excluding carboxylic acids is 2. The van der Waals surface area contributed by atoms with Gasteiger partial charge in [-0.05, 0) is 50.1 Å². The molecule has 0 atom stereocenters. The summed E-state index contributed by atoms with van der Waals surface area (Å²) in [6.45, 7) is 3.61. The van der Waals surface area contributed by atoms with Gasteiger partial charge in [-0.3, -0.25) is 4.79 Å². The van der Waals surface area contributed by atoms with E-state index in [1.807, 2.05) is 4.57 Å². The molecule has 0 unspecified atom stereocenters. The van der Waals surface area contributed by atoms with Crippen molar-refractivity contribution in [3.8, 4) is 5.75 Å². The molecule has 2 N–H and O–H groups in total. The summed E-state index contributed by atoms with van der Waals surface area (Å²) >= 11 is 1.79. The first-order valence-electron chi connectivity index (χ1n) is 11.4. The van der Waals surface area contributed by atoms with Crippen molar-refractivity contribution in [2.75, 3.05) is 44.2 Å². The number of anilines is 1. The lowest BCUT2D eigenvalue weighted by molar-refractivity contribution is 0.0488. The summed E-state index contributed by atoms with van der Waals surface area (Å²) in [5, 5.41) is 0. The molecule has 3 rings (SSSR count). The van der Waals surface area contributed by atoms with E-state index in [0.717, 1.165) is 36.5 Å². The number of unbranched alkanes of at least 4 members (excludes halogenated alkanes) is 1. The Labute approximate surface area is 208 Å². The number of benzene rings is 1. The van der Waals surface area contributed by atoms with Crippen LogP contribution in [0.2, 0.25) is 0 Å². The van der Waals surface area contributed by atoms with Crippen molar-refractivity contribution in [3.05, 3.63) is 42.0 Å². The predicted molar refractivity (Wildman–Crippen MR) is 135 cm³/mol. The van der Waals surface area contributed by atoms with Crippen molar-refractivity contribution in [2.24, 2.45) is 0 Å². The first-order valence-corrected chi connectivity index (χ1v) is 12.6. The van der Waals surface area contributed by atoms with Crippen molar-refractivity contribution < 1.29 is 23.8 Å². The number of hydrogen-bond acceptors (Lipinski definition) is 10. The summed E-state index contributed by atoms with van der Waals surface area (Å²) in [6.07, 6.45) is 5.50. The Morgan fingerprint density at radius 3 is 2.60 bits per heavy atom. The minimum atomic E-state index is -0.468. The number of nitrogens with zero attached hydrogens (tertiary/aromatic N) is 4. The average molecular weight is 502 g/mol. The number of methoxy groups -OCH3 is 1. The summed E-state index contributed by atoms with van der Waals surface area (Å²) in [6, 6.07) is 4.82. The molecule has 0 aliphatic heterocycles. The highest BCUT2D eigenvalue weighted by molar-refractivity contribution is 7.99. The first-order chi connectivity index (χ1) is 17.0. The van der Waals surface area contributed by atoms with Crippen LogP contribution < -0.4 is 10.5 Å². The van der Waals surface area contributed by atoms with E-state index in [-0.39, 0.29) is 5.78 Å². The van der Waals surface area contributed by atoms with E-state index in [1.165, 1.54) is 13.3 Å². The summed E-state index contributed by atoms with van der Waals surface area (Å²) in [5.41, 5.74) is 7.90. The molecule has 188 valence electrons. The normalized spacial score (nSPS) is 11.0. The number of thioether (sulfide) groups is 1. The molecule has 1 aromatic carbocycles. The summed E-state index contributed by atoms with van der Waals surface area (Å²) in [7, 11) is 1.63. The number of rotatable bonds is 15. The maximum Gasteiger partial charge on any atom is 0.338 e. The molecule has 0 amide bonds. The number of esters is 1. The fourth-order valence-corrected chi connectivity index (χ4v) is 4.13. The van der Waals surface area contributed by atoms with Gasteiger partial charge in [-0.25, -0.2) is 19.7 Å². The molecule has 0 spiro atoms. The number of fused-ring (bicyclic) bond motifs is 1. The fraction of sp³-hybridized carbons (Fsp3) is 0.458. The molecule has 11 heteroatoms. The van der Waals surface area contributed by atoms with Gasteiger partial charge >= 0.3 is 5.97 Å². The van der Waals surface area contributed by atoms with Crippen LogP contribution >= 0.6 is 11.8 Å². The molecule has 35 heavy (non-hydrogen) atoms. The Morgan fingerprint density at radius 2 is 1.80 bits per heavy atom. The molecular weight excluding hydrogens is 470 g/mol. The van der Waals surface area contributed by atoms with Crippen LogP contribution in [0.3, 0.4) is 0 Å². The van der Waals surface area contributed by atoms with Gasteiger partial charge < -0.3 is 24.5 Å². The number of aromatic nitrogens is 4. The van der Waals surface area contributed by atoms with Gasteiger partial charge in [-0.1, -0.05) is 0 Å². The van der Waals surface area contributed by atoms with Crippen LogP contribution in [-0.4, -0.2) is 69.7 Å². The number of nitrogen functional groups attached to an aromatic ring is 1. The van der Waals surface area contributed by atoms with Gasteiger partial charge in [0.25, 0.3) is 0 Å². The van der Waals surface area contributed by atoms with Crippen molar-refractivity contribution in [1.82, 2.24) is 19.5 Å². The highest BCUT2D eigenvalue weighted by Gasteiger charge is 2.13. The van der Waals surface area contributed by atoms with Gasteiger partial charge in [0.05, 0.1) is 25.1 Å². The van der Waals surface area contributed by atoms with Crippen molar-refractivity contribution in [1.29, 1.82) is 0 Å². The number of ketones is 1. The molecule has 0 bridgehead atoms. The Hall–Kier alpha value is -3.18. The third-order valence-electron chi connectivity index (χ3n) is 5.13. The molecule has 3 aromatic rings. The van der Waals surface area contributed by atoms with E-state index in [4.69, 9.17) is 19.9 Å². The van der Waals surface area contributed by atoms with E-state index < -0.39 is 5.97 Å². The third-order valence-corrected chi connectivity index (χ3v) is 6.18. The van der Waals surface area contributed by atoms with Crippen LogP contribution in [0.15, 0.2) is 30.9 Å². The van der Waals surface area contributed by atoms with Crippen molar-refractivity contribution in [3.63, 3.8) is 0 Å². The molecule has 0 saturated carbocycles. The lowest BCUT2D eigenvalue weighted by Crippen LogP contribution is -2.09. The molecule has 2 heterocycles. The molecule has 0 aliphatic carbocycles. The number of imidazole rings is 1. The van der Waals surface area contributed by atoms with Gasteiger partial charge in [0, 0.05) is 31.6 Å². The average Bonchev–Trinajstić information content (AvgIpc) is 3.27. The largest absolute Gasteiger partial charge is 0.494 e. The number of carbonyl (C=O) groups is 2. The van der Waals surface area contributed by atoms with Gasteiger partial charge in [-0.15, -0.1) is 0 Å². The number of hydrogen-bond donors (Lipinski definition) is 1. The predicted octanol–water partition coefficient (Wildman–Crippen LogP) is 3.40. The molecular formula is C24H31N5O5S. The van der Waals surface area contributed by atoms with Crippen LogP contribution in [0.25, 0.3) is 11.2 Å². The maximum absolute atomic E-state index is 12.4. The van der Waals surface area contributed by atoms with E-state index in [9.17, 15) is 9.59 Å². The monoisotopic (exact) mass is 501 g/mol. The topological polar surface area (TPSA) is 131 Å². The quantitative estimate of drug-likeness (QED) is 0.188. The summed E-state index contributed by atoms with van der Waals surface area (Å²) < 4.78 is 18.1. The second-order valence-corrected chi connectivity index (χ2v) is 9.05. The zero-order valence-electron chi connectivity index (χ0n) is 20.1.